The second-order valence-corrected chi connectivity index (χ2v) is 16.6. The summed E-state index contributed by atoms with van der Waals surface area (Å²) in [5.41, 5.74) is -4.29. The van der Waals surface area contributed by atoms with Crippen molar-refractivity contribution in [2.24, 2.45) is 23.7 Å². The van der Waals surface area contributed by atoms with E-state index in [0.29, 0.717) is 13.0 Å². The van der Waals surface area contributed by atoms with E-state index < -0.39 is 95.6 Å². The minimum Gasteiger partial charge on any atom is -0.459 e. The molecule has 0 aromatic heterocycles. The maximum absolute atomic E-state index is 14.3. The van der Waals surface area contributed by atoms with E-state index in [2.05, 4.69) is 5.32 Å². The van der Waals surface area contributed by atoms with Gasteiger partial charge in [-0.3, -0.25) is 4.79 Å². The predicted molar refractivity (Wildman–Crippen MR) is 188 cm³/mol. The van der Waals surface area contributed by atoms with Gasteiger partial charge in [0, 0.05) is 38.1 Å². The molecule has 0 saturated carbocycles. The first-order valence-corrected chi connectivity index (χ1v) is 18.6. The van der Waals surface area contributed by atoms with Crippen molar-refractivity contribution in [3.8, 4) is 0 Å². The summed E-state index contributed by atoms with van der Waals surface area (Å²) >= 11 is 0. The highest BCUT2D eigenvalue weighted by atomic mass is 16.7. The van der Waals surface area contributed by atoms with E-state index in [9.17, 15) is 30.3 Å². The number of methoxy groups -OCH3 is 1. The van der Waals surface area contributed by atoms with Crippen LogP contribution in [-0.2, 0) is 28.5 Å². The van der Waals surface area contributed by atoms with Gasteiger partial charge in [-0.1, -0.05) is 27.7 Å². The van der Waals surface area contributed by atoms with Gasteiger partial charge < -0.3 is 59.4 Å². The van der Waals surface area contributed by atoms with Gasteiger partial charge >= 0.3 is 5.97 Å². The lowest BCUT2D eigenvalue weighted by molar-refractivity contribution is -0.297. The molecule has 0 radical (unpaired) electrons. The normalized spacial score (nSPS) is 51.0. The number of hydrogen-bond donors (Lipinski definition) is 6. The number of rotatable bonds is 6. The molecule has 0 aromatic carbocycles. The van der Waals surface area contributed by atoms with Crippen LogP contribution in [0, 0.1) is 23.7 Å². The minimum atomic E-state index is -1.77. The van der Waals surface area contributed by atoms with Crippen LogP contribution in [0.2, 0.25) is 0 Å². The Hall–Kier alpha value is -0.970. The summed E-state index contributed by atoms with van der Waals surface area (Å²) in [5, 5.41) is 61.3. The number of aliphatic hydroxyl groups is 5. The van der Waals surface area contributed by atoms with Crippen LogP contribution in [-0.4, -0.2) is 148 Å². The molecule has 3 rings (SSSR count). The fraction of sp³-hybridized carbons (Fsp3) is 0.973. The maximum atomic E-state index is 14.3. The van der Waals surface area contributed by atoms with Gasteiger partial charge in [0.2, 0.25) is 0 Å². The molecule has 0 bridgehead atoms. The number of hydrogen-bond acceptors (Lipinski definition) is 13. The topological polar surface area (TPSA) is 180 Å². The molecule has 13 nitrogen and oxygen atoms in total. The molecule has 3 saturated heterocycles. The standard InChI is InChI=1S/C37H70N2O11/c1-14-27-37(10,45)30(41)23(6)39(12)18-19(2)16-35(8,44)32(50-34-29(40)25(38-11)15-20(3)47-34)21(4)28(22(5)33(43)49-27)26-17-36(9,46-13)31(42)24(7)48-26/h19-32,34,38,40-42,44-45H,14-18H2,1-13H3/t19-,20-,21+,22-,23-,24+,25+,26?,27-,28+,29-,30-,31+,32-,34+,35-,36-,37-/m1/s1. The first-order chi connectivity index (χ1) is 23.1. The molecule has 18 atom stereocenters. The molecule has 3 heterocycles. The van der Waals surface area contributed by atoms with E-state index in [1.807, 2.05) is 46.6 Å². The monoisotopic (exact) mass is 718 g/mol. The van der Waals surface area contributed by atoms with Crippen LogP contribution in [0.5, 0.6) is 0 Å². The Labute approximate surface area is 300 Å². The lowest BCUT2D eigenvalue weighted by Gasteiger charge is -2.51. The molecule has 6 N–H and O–H groups in total. The lowest BCUT2D eigenvalue weighted by Crippen LogP contribution is -2.61. The van der Waals surface area contributed by atoms with Crippen molar-refractivity contribution in [2.45, 2.75) is 179 Å². The summed E-state index contributed by atoms with van der Waals surface area (Å²) in [6.45, 7) is 18.4. The Bertz CT molecular complexity index is 1100. The third-order valence-corrected chi connectivity index (χ3v) is 12.3. The molecule has 13 heteroatoms. The van der Waals surface area contributed by atoms with Crippen molar-refractivity contribution in [3.05, 3.63) is 0 Å². The third-order valence-electron chi connectivity index (χ3n) is 12.3. The van der Waals surface area contributed by atoms with Gasteiger partial charge in [0.15, 0.2) is 6.29 Å². The van der Waals surface area contributed by atoms with Gasteiger partial charge in [0.25, 0.3) is 0 Å². The van der Waals surface area contributed by atoms with Crippen LogP contribution in [0.15, 0.2) is 0 Å². The van der Waals surface area contributed by atoms with Crippen LogP contribution >= 0.6 is 0 Å². The number of cyclic esters (lactones) is 1. The number of esters is 1. The van der Waals surface area contributed by atoms with Gasteiger partial charge in [-0.25, -0.2) is 0 Å². The fourth-order valence-electron chi connectivity index (χ4n) is 9.08. The van der Waals surface area contributed by atoms with Crippen molar-refractivity contribution >= 4 is 5.97 Å². The molecule has 0 aliphatic carbocycles. The highest BCUT2D eigenvalue weighted by Crippen LogP contribution is 2.44. The molecule has 3 aliphatic heterocycles. The Morgan fingerprint density at radius 2 is 1.60 bits per heavy atom. The number of likely N-dealkylation sites (N-methyl/N-ethyl adjacent to an activating group) is 2. The van der Waals surface area contributed by atoms with Gasteiger partial charge in [-0.2, -0.15) is 0 Å². The predicted octanol–water partition coefficient (Wildman–Crippen LogP) is 1.83. The molecule has 3 aliphatic rings. The molecule has 0 amide bonds. The summed E-state index contributed by atoms with van der Waals surface area (Å²) < 4.78 is 31.3. The molecular weight excluding hydrogens is 648 g/mol. The van der Waals surface area contributed by atoms with E-state index in [4.69, 9.17) is 23.7 Å². The first kappa shape index (κ1) is 43.4. The molecule has 1 unspecified atom stereocenters. The van der Waals surface area contributed by atoms with E-state index in [1.165, 1.54) is 14.0 Å². The summed E-state index contributed by atoms with van der Waals surface area (Å²) in [4.78, 5) is 16.2. The number of ether oxygens (including phenoxy) is 5. The Kier molecular flexibility index (Phi) is 14.8. The summed E-state index contributed by atoms with van der Waals surface area (Å²) in [6.07, 6.45) is -6.56. The van der Waals surface area contributed by atoms with Gasteiger partial charge in [0.1, 0.15) is 30.0 Å². The van der Waals surface area contributed by atoms with Crippen molar-refractivity contribution < 1.29 is 54.0 Å². The van der Waals surface area contributed by atoms with Crippen LogP contribution < -0.4 is 5.32 Å². The average Bonchev–Trinajstić information content (AvgIpc) is 3.04. The molecule has 3 fully saturated rings. The summed E-state index contributed by atoms with van der Waals surface area (Å²) in [6, 6.07) is -0.825. The van der Waals surface area contributed by atoms with Crippen molar-refractivity contribution in [1.29, 1.82) is 0 Å². The van der Waals surface area contributed by atoms with Crippen molar-refractivity contribution in [1.82, 2.24) is 10.2 Å². The van der Waals surface area contributed by atoms with Crippen molar-refractivity contribution in [3.63, 3.8) is 0 Å². The second-order valence-electron chi connectivity index (χ2n) is 16.6. The number of nitrogens with zero attached hydrogens (tertiary/aromatic N) is 1. The van der Waals surface area contributed by atoms with E-state index in [0.717, 1.165) is 0 Å². The maximum Gasteiger partial charge on any atom is 0.309 e. The smallest absolute Gasteiger partial charge is 0.309 e. The largest absolute Gasteiger partial charge is 0.459 e. The van der Waals surface area contributed by atoms with Crippen LogP contribution in [0.4, 0.5) is 0 Å². The lowest BCUT2D eigenvalue weighted by atomic mass is 9.68. The summed E-state index contributed by atoms with van der Waals surface area (Å²) in [5.74, 6) is -2.87. The van der Waals surface area contributed by atoms with E-state index in [-0.39, 0.29) is 37.3 Å². The van der Waals surface area contributed by atoms with Crippen LogP contribution in [0.25, 0.3) is 0 Å². The van der Waals surface area contributed by atoms with Crippen LogP contribution in [0.1, 0.15) is 94.9 Å². The SMILES string of the molecule is CC[C@H]1OC(=O)[C@H](C)[C@@H](C2C[C@@](C)(OC)[C@@H](O)[C@H](C)O2)[C@H](C)[C@@H](O[C@@H]2O[C@H](C)C[C@H](NC)[C@H]2O)[C@](C)(O)C[C@@H](C)CN(C)[C@H](C)[C@@H](O)[C@]1(C)O. The zero-order valence-corrected chi connectivity index (χ0v) is 32.8. The Morgan fingerprint density at radius 3 is 2.16 bits per heavy atom. The average molecular weight is 719 g/mol. The van der Waals surface area contributed by atoms with Crippen LogP contribution in [0.3, 0.4) is 0 Å². The Balaban J connectivity index is 2.22. The molecule has 0 spiro atoms. The van der Waals surface area contributed by atoms with Gasteiger partial charge in [-0.05, 0) is 86.7 Å². The quantitative estimate of drug-likeness (QED) is 0.219. The summed E-state index contributed by atoms with van der Waals surface area (Å²) in [7, 11) is 5.16. The minimum absolute atomic E-state index is 0.118. The fourth-order valence-corrected chi connectivity index (χ4v) is 9.08. The molecule has 0 aromatic rings. The number of carbonyl (C=O) groups is 1. The number of carbonyl (C=O) groups excluding carboxylic acids is 1. The first-order valence-electron chi connectivity index (χ1n) is 18.6. The highest BCUT2D eigenvalue weighted by molar-refractivity contribution is 5.73. The van der Waals surface area contributed by atoms with Gasteiger partial charge in [0.05, 0.1) is 41.5 Å². The number of aliphatic hydroxyl groups excluding tert-OH is 3. The highest BCUT2D eigenvalue weighted by Gasteiger charge is 2.54. The zero-order valence-electron chi connectivity index (χ0n) is 32.8. The van der Waals surface area contributed by atoms with Gasteiger partial charge in [-0.15, -0.1) is 0 Å². The van der Waals surface area contributed by atoms with Crippen molar-refractivity contribution in [2.75, 3.05) is 27.7 Å². The van der Waals surface area contributed by atoms with E-state index >= 15 is 0 Å². The molecule has 50 heavy (non-hydrogen) atoms. The number of nitrogens with one attached hydrogen (secondary N) is 1. The molecular formula is C37H70N2O11. The van der Waals surface area contributed by atoms with E-state index in [1.54, 1.807) is 34.7 Å². The third kappa shape index (κ3) is 9.21. The molecule has 294 valence electrons. The second kappa shape index (κ2) is 17.0. The zero-order chi connectivity index (χ0) is 38.1. The Morgan fingerprint density at radius 1 is 0.980 bits per heavy atom.